The van der Waals surface area contributed by atoms with Crippen molar-refractivity contribution in [2.75, 3.05) is 0 Å². The maximum Gasteiger partial charge on any atom is 0.261 e. The number of rotatable bonds is 4. The van der Waals surface area contributed by atoms with Gasteiger partial charge in [-0.1, -0.05) is 19.1 Å². The Kier molecular flexibility index (Phi) is 4.70. The van der Waals surface area contributed by atoms with Gasteiger partial charge in [-0.25, -0.2) is 4.39 Å². The molecule has 0 saturated heterocycles. The molecule has 0 aliphatic rings. The van der Waals surface area contributed by atoms with Gasteiger partial charge in [0, 0.05) is 5.54 Å². The molecule has 0 radical (unpaired) electrons. The molecule has 0 saturated carbocycles. The van der Waals surface area contributed by atoms with Crippen molar-refractivity contribution >= 4 is 5.91 Å². The molecule has 0 heterocycles. The van der Waals surface area contributed by atoms with Gasteiger partial charge in [0.2, 0.25) is 0 Å². The molecule has 18 heavy (non-hydrogen) atoms. The van der Waals surface area contributed by atoms with Gasteiger partial charge < -0.3 is 10.1 Å². The van der Waals surface area contributed by atoms with Crippen LogP contribution in [-0.4, -0.2) is 17.6 Å². The Balaban J connectivity index is 2.74. The third-order valence-corrected chi connectivity index (χ3v) is 2.27. The molecule has 0 aromatic heterocycles. The van der Waals surface area contributed by atoms with Gasteiger partial charge in [0.1, 0.15) is 0 Å². The van der Waals surface area contributed by atoms with E-state index in [0.717, 1.165) is 0 Å². The Bertz CT molecular complexity index is 413. The average molecular weight is 253 g/mol. The quantitative estimate of drug-likeness (QED) is 0.896. The number of hydrogen-bond acceptors (Lipinski definition) is 2. The molecule has 0 fully saturated rings. The van der Waals surface area contributed by atoms with Crippen LogP contribution in [0.1, 0.15) is 34.1 Å². The average Bonchev–Trinajstić information content (AvgIpc) is 2.25. The first-order chi connectivity index (χ1) is 8.33. The van der Waals surface area contributed by atoms with E-state index in [1.165, 1.54) is 12.1 Å². The zero-order chi connectivity index (χ0) is 13.8. The van der Waals surface area contributed by atoms with E-state index in [2.05, 4.69) is 5.32 Å². The summed E-state index contributed by atoms with van der Waals surface area (Å²) in [5.41, 5.74) is -0.330. The molecule has 0 bridgehead atoms. The molecular formula is C14H20FNO2. The normalized spacial score (nSPS) is 12.9. The molecule has 1 atom stereocenters. The first-order valence-electron chi connectivity index (χ1n) is 6.06. The van der Waals surface area contributed by atoms with Gasteiger partial charge in [-0.05, 0) is 39.3 Å². The maximum atomic E-state index is 13.4. The second-order valence-corrected chi connectivity index (χ2v) is 5.18. The first kappa shape index (κ1) is 14.5. The summed E-state index contributed by atoms with van der Waals surface area (Å²) in [4.78, 5) is 11.9. The number of carbonyl (C=O) groups is 1. The number of hydrogen-bond donors (Lipinski definition) is 1. The number of ether oxygens (including phenoxy) is 1. The number of nitrogens with one attached hydrogen (secondary N) is 1. The molecule has 1 unspecified atom stereocenters. The Hall–Kier alpha value is -1.58. The molecule has 0 aliphatic carbocycles. The highest BCUT2D eigenvalue weighted by Crippen LogP contribution is 2.18. The lowest BCUT2D eigenvalue weighted by Gasteiger charge is -2.25. The van der Waals surface area contributed by atoms with Crippen molar-refractivity contribution in [3.05, 3.63) is 30.1 Å². The van der Waals surface area contributed by atoms with E-state index in [9.17, 15) is 9.18 Å². The monoisotopic (exact) mass is 253 g/mol. The highest BCUT2D eigenvalue weighted by Gasteiger charge is 2.23. The molecular weight excluding hydrogens is 233 g/mol. The van der Waals surface area contributed by atoms with Crippen LogP contribution >= 0.6 is 0 Å². The summed E-state index contributed by atoms with van der Waals surface area (Å²) >= 11 is 0. The fourth-order valence-corrected chi connectivity index (χ4v) is 1.47. The van der Waals surface area contributed by atoms with E-state index in [1.54, 1.807) is 12.1 Å². The lowest BCUT2D eigenvalue weighted by Crippen LogP contribution is -2.47. The van der Waals surface area contributed by atoms with E-state index in [-0.39, 0.29) is 17.2 Å². The predicted molar refractivity (Wildman–Crippen MR) is 69.0 cm³/mol. The topological polar surface area (TPSA) is 38.3 Å². The van der Waals surface area contributed by atoms with Gasteiger partial charge in [0.25, 0.3) is 5.91 Å². The Morgan fingerprint density at radius 2 is 2.00 bits per heavy atom. The summed E-state index contributed by atoms with van der Waals surface area (Å²) in [6, 6.07) is 6.08. The summed E-state index contributed by atoms with van der Waals surface area (Å²) in [7, 11) is 0. The van der Waals surface area contributed by atoms with Crippen LogP contribution in [0.3, 0.4) is 0 Å². The van der Waals surface area contributed by atoms with Crippen LogP contribution in [0.4, 0.5) is 4.39 Å². The van der Waals surface area contributed by atoms with Crippen molar-refractivity contribution in [3.8, 4) is 5.75 Å². The minimum atomic E-state index is -0.680. The molecule has 1 aromatic rings. The summed E-state index contributed by atoms with van der Waals surface area (Å²) in [5, 5.41) is 2.82. The minimum absolute atomic E-state index is 0.105. The molecule has 1 amide bonds. The van der Waals surface area contributed by atoms with Crippen molar-refractivity contribution < 1.29 is 13.9 Å². The van der Waals surface area contributed by atoms with Crippen LogP contribution in [-0.2, 0) is 4.79 Å². The Morgan fingerprint density at radius 1 is 1.39 bits per heavy atom. The van der Waals surface area contributed by atoms with Gasteiger partial charge >= 0.3 is 0 Å². The SMILES string of the molecule is CCC(Oc1ccccc1F)C(=O)NC(C)(C)C. The van der Waals surface area contributed by atoms with Crippen LogP contribution in [0.25, 0.3) is 0 Å². The zero-order valence-corrected chi connectivity index (χ0v) is 11.3. The van der Waals surface area contributed by atoms with E-state index in [0.29, 0.717) is 6.42 Å². The fourth-order valence-electron chi connectivity index (χ4n) is 1.47. The molecule has 1 aromatic carbocycles. The van der Waals surface area contributed by atoms with E-state index < -0.39 is 11.9 Å². The predicted octanol–water partition coefficient (Wildman–Crippen LogP) is 2.90. The Morgan fingerprint density at radius 3 is 2.50 bits per heavy atom. The van der Waals surface area contributed by atoms with Gasteiger partial charge in [0.05, 0.1) is 0 Å². The fraction of sp³-hybridized carbons (Fsp3) is 0.500. The van der Waals surface area contributed by atoms with Gasteiger partial charge in [-0.2, -0.15) is 0 Å². The zero-order valence-electron chi connectivity index (χ0n) is 11.3. The van der Waals surface area contributed by atoms with E-state index >= 15 is 0 Å². The lowest BCUT2D eigenvalue weighted by molar-refractivity contribution is -0.129. The summed E-state index contributed by atoms with van der Waals surface area (Å²) in [6.07, 6.45) is -0.197. The van der Waals surface area contributed by atoms with Crippen LogP contribution < -0.4 is 10.1 Å². The van der Waals surface area contributed by atoms with Crippen molar-refractivity contribution in [3.63, 3.8) is 0 Å². The van der Waals surface area contributed by atoms with Crippen molar-refractivity contribution in [2.24, 2.45) is 0 Å². The first-order valence-corrected chi connectivity index (χ1v) is 6.06. The molecule has 4 heteroatoms. The molecule has 100 valence electrons. The second kappa shape index (κ2) is 5.85. The number of carbonyl (C=O) groups excluding carboxylic acids is 1. The maximum absolute atomic E-state index is 13.4. The number of halogens is 1. The summed E-state index contributed by atoms with van der Waals surface area (Å²) in [6.45, 7) is 7.50. The highest BCUT2D eigenvalue weighted by molar-refractivity contribution is 5.81. The van der Waals surface area contributed by atoms with Crippen molar-refractivity contribution in [1.82, 2.24) is 5.32 Å². The third kappa shape index (κ3) is 4.35. The van der Waals surface area contributed by atoms with Crippen LogP contribution in [0.2, 0.25) is 0 Å². The number of para-hydroxylation sites is 1. The molecule has 1 N–H and O–H groups in total. The lowest BCUT2D eigenvalue weighted by atomic mass is 10.1. The van der Waals surface area contributed by atoms with E-state index in [1.807, 2.05) is 27.7 Å². The molecule has 0 spiro atoms. The number of benzene rings is 1. The molecule has 0 aliphatic heterocycles. The summed E-state index contributed by atoms with van der Waals surface area (Å²) in [5.74, 6) is -0.582. The largest absolute Gasteiger partial charge is 0.478 e. The van der Waals surface area contributed by atoms with Gasteiger partial charge in [-0.15, -0.1) is 0 Å². The third-order valence-electron chi connectivity index (χ3n) is 2.27. The summed E-state index contributed by atoms with van der Waals surface area (Å²) < 4.78 is 18.8. The van der Waals surface area contributed by atoms with Crippen molar-refractivity contribution in [2.45, 2.75) is 45.8 Å². The van der Waals surface area contributed by atoms with Gasteiger partial charge in [0.15, 0.2) is 17.7 Å². The van der Waals surface area contributed by atoms with Gasteiger partial charge in [-0.3, -0.25) is 4.79 Å². The number of amides is 1. The Labute approximate surface area is 107 Å². The second-order valence-electron chi connectivity index (χ2n) is 5.18. The smallest absolute Gasteiger partial charge is 0.261 e. The van der Waals surface area contributed by atoms with Crippen LogP contribution in [0.15, 0.2) is 24.3 Å². The van der Waals surface area contributed by atoms with Crippen LogP contribution in [0.5, 0.6) is 5.75 Å². The standard InChI is InChI=1S/C14H20FNO2/c1-5-11(13(17)16-14(2,3)4)18-12-9-7-6-8-10(12)15/h6-9,11H,5H2,1-4H3,(H,16,17). The van der Waals surface area contributed by atoms with E-state index in [4.69, 9.17) is 4.74 Å². The van der Waals surface area contributed by atoms with Crippen LogP contribution in [0, 0.1) is 5.82 Å². The van der Waals surface area contributed by atoms with Crippen molar-refractivity contribution in [1.29, 1.82) is 0 Å². The molecule has 1 rings (SSSR count). The molecule has 3 nitrogen and oxygen atoms in total. The minimum Gasteiger partial charge on any atom is -0.478 e. The highest BCUT2D eigenvalue weighted by atomic mass is 19.1.